The van der Waals surface area contributed by atoms with Gasteiger partial charge in [0.05, 0.1) is 12.2 Å². The molecule has 1 heterocycles. The second-order valence-electron chi connectivity index (χ2n) is 3.61. The molecular weight excluding hydrogens is 253 g/mol. The van der Waals surface area contributed by atoms with Crippen LogP contribution in [0, 0.1) is 17.1 Å². The zero-order valence-corrected chi connectivity index (χ0v) is 9.55. The van der Waals surface area contributed by atoms with E-state index in [4.69, 9.17) is 14.9 Å². The van der Waals surface area contributed by atoms with E-state index in [0.29, 0.717) is 5.69 Å². The molecule has 96 valence electrons. The molecule has 0 atom stereocenters. The second kappa shape index (κ2) is 5.18. The van der Waals surface area contributed by atoms with Gasteiger partial charge in [-0.15, -0.1) is 0 Å². The van der Waals surface area contributed by atoms with Gasteiger partial charge in [-0.1, -0.05) is 11.2 Å². The maximum atomic E-state index is 13.3. The number of hydrogen-bond donors (Lipinski definition) is 2. The van der Waals surface area contributed by atoms with Gasteiger partial charge < -0.3 is 14.9 Å². The molecule has 0 saturated heterocycles. The Balaban J connectivity index is 2.12. The number of benzene rings is 1. The molecular formula is C12H8FN3O3. The molecule has 0 unspecified atom stereocenters. The molecule has 0 spiro atoms. The van der Waals surface area contributed by atoms with Gasteiger partial charge in [-0.05, 0) is 12.1 Å². The first-order valence-electron chi connectivity index (χ1n) is 5.23. The second-order valence-corrected chi connectivity index (χ2v) is 3.61. The third-order valence-corrected chi connectivity index (χ3v) is 2.36. The van der Waals surface area contributed by atoms with Crippen LogP contribution in [0.25, 0.3) is 0 Å². The Bertz CT molecular complexity index is 660. The Labute approximate surface area is 107 Å². The van der Waals surface area contributed by atoms with Crippen molar-refractivity contribution < 1.29 is 18.8 Å². The summed E-state index contributed by atoms with van der Waals surface area (Å²) in [4.78, 5) is 10.6. The standard InChI is InChI=1S/C12H8FN3O3/c13-9-2-1-3-10(8(9)5-14)15-6-7-4-11(12(17)18)16-19-7/h1-4,15H,6H2,(H,17,18). The third kappa shape index (κ3) is 2.69. The predicted molar refractivity (Wildman–Crippen MR) is 61.9 cm³/mol. The van der Waals surface area contributed by atoms with Crippen molar-refractivity contribution in [2.75, 3.05) is 5.32 Å². The highest BCUT2D eigenvalue weighted by atomic mass is 19.1. The van der Waals surface area contributed by atoms with Crippen molar-refractivity contribution in [2.24, 2.45) is 0 Å². The van der Waals surface area contributed by atoms with Crippen LogP contribution in [-0.4, -0.2) is 16.2 Å². The van der Waals surface area contributed by atoms with Crippen LogP contribution in [0.5, 0.6) is 0 Å². The van der Waals surface area contributed by atoms with Gasteiger partial charge in [-0.2, -0.15) is 5.26 Å². The number of aromatic nitrogens is 1. The first-order chi connectivity index (χ1) is 9.11. The Morgan fingerprint density at radius 2 is 2.37 bits per heavy atom. The summed E-state index contributed by atoms with van der Waals surface area (Å²) in [6.45, 7) is 0.0956. The van der Waals surface area contributed by atoms with E-state index >= 15 is 0 Å². The maximum absolute atomic E-state index is 13.3. The van der Waals surface area contributed by atoms with Crippen LogP contribution in [0.4, 0.5) is 10.1 Å². The van der Waals surface area contributed by atoms with Crippen molar-refractivity contribution in [3.63, 3.8) is 0 Å². The quantitative estimate of drug-likeness (QED) is 0.873. The van der Waals surface area contributed by atoms with Gasteiger partial charge in [0.15, 0.2) is 11.5 Å². The molecule has 19 heavy (non-hydrogen) atoms. The molecule has 0 radical (unpaired) electrons. The van der Waals surface area contributed by atoms with Crippen molar-refractivity contribution in [2.45, 2.75) is 6.54 Å². The Hall–Kier alpha value is -2.88. The van der Waals surface area contributed by atoms with E-state index in [2.05, 4.69) is 10.5 Å². The SMILES string of the molecule is N#Cc1c(F)cccc1NCc1cc(C(=O)O)no1. The summed E-state index contributed by atoms with van der Waals surface area (Å²) < 4.78 is 18.1. The fourth-order valence-corrected chi connectivity index (χ4v) is 1.46. The normalized spacial score (nSPS) is 9.89. The van der Waals surface area contributed by atoms with Gasteiger partial charge in [0, 0.05) is 6.07 Å². The summed E-state index contributed by atoms with van der Waals surface area (Å²) in [5.41, 5.74) is -0.0206. The molecule has 2 N–H and O–H groups in total. The summed E-state index contributed by atoms with van der Waals surface area (Å²) >= 11 is 0. The number of aromatic carboxylic acids is 1. The summed E-state index contributed by atoms with van der Waals surface area (Å²) in [6, 6.07) is 7.18. The van der Waals surface area contributed by atoms with Gasteiger partial charge in [0.25, 0.3) is 0 Å². The van der Waals surface area contributed by atoms with Crippen LogP contribution in [0.2, 0.25) is 0 Å². The monoisotopic (exact) mass is 261 g/mol. The Morgan fingerprint density at radius 1 is 1.58 bits per heavy atom. The molecule has 6 nitrogen and oxygen atoms in total. The number of anilines is 1. The number of carboxylic acids is 1. The van der Waals surface area contributed by atoms with E-state index in [1.165, 1.54) is 24.3 Å². The number of halogens is 1. The molecule has 0 aliphatic rings. The van der Waals surface area contributed by atoms with E-state index in [9.17, 15) is 9.18 Å². The smallest absolute Gasteiger partial charge is 0.358 e. The van der Waals surface area contributed by atoms with Crippen LogP contribution in [0.1, 0.15) is 21.8 Å². The first-order valence-corrected chi connectivity index (χ1v) is 5.23. The van der Waals surface area contributed by atoms with E-state index < -0.39 is 11.8 Å². The van der Waals surface area contributed by atoms with Gasteiger partial charge in [0.2, 0.25) is 0 Å². The average molecular weight is 261 g/mol. The molecule has 0 aliphatic carbocycles. The maximum Gasteiger partial charge on any atom is 0.358 e. The van der Waals surface area contributed by atoms with Crippen molar-refractivity contribution in [1.82, 2.24) is 5.16 Å². The van der Waals surface area contributed by atoms with Crippen LogP contribution >= 0.6 is 0 Å². The minimum absolute atomic E-state index is 0.0956. The van der Waals surface area contributed by atoms with Crippen molar-refractivity contribution >= 4 is 11.7 Å². The number of carbonyl (C=O) groups is 1. The molecule has 0 bridgehead atoms. The molecule has 2 rings (SSSR count). The average Bonchev–Trinajstić information content (AvgIpc) is 2.85. The zero-order chi connectivity index (χ0) is 13.8. The van der Waals surface area contributed by atoms with Crippen molar-refractivity contribution in [3.8, 4) is 6.07 Å². The molecule has 0 fully saturated rings. The Kier molecular flexibility index (Phi) is 3.43. The van der Waals surface area contributed by atoms with E-state index in [-0.39, 0.29) is 23.6 Å². The van der Waals surface area contributed by atoms with Crippen LogP contribution in [0.3, 0.4) is 0 Å². The number of rotatable bonds is 4. The molecule has 1 aromatic carbocycles. The summed E-state index contributed by atoms with van der Waals surface area (Å²) in [6.07, 6.45) is 0. The van der Waals surface area contributed by atoms with Gasteiger partial charge in [-0.25, -0.2) is 9.18 Å². The van der Waals surface area contributed by atoms with Crippen molar-refractivity contribution in [1.29, 1.82) is 5.26 Å². The topological polar surface area (TPSA) is 99.2 Å². The highest BCUT2D eigenvalue weighted by molar-refractivity contribution is 5.85. The highest BCUT2D eigenvalue weighted by Gasteiger charge is 2.12. The van der Waals surface area contributed by atoms with Gasteiger partial charge in [0.1, 0.15) is 17.4 Å². The van der Waals surface area contributed by atoms with Gasteiger partial charge in [-0.3, -0.25) is 0 Å². The number of nitrogens with one attached hydrogen (secondary N) is 1. The molecule has 0 amide bonds. The third-order valence-electron chi connectivity index (χ3n) is 2.36. The number of nitrogens with zero attached hydrogens (tertiary/aromatic N) is 2. The van der Waals surface area contributed by atoms with Crippen LogP contribution in [-0.2, 0) is 6.54 Å². The lowest BCUT2D eigenvalue weighted by molar-refractivity contribution is 0.0685. The minimum atomic E-state index is -1.20. The lowest BCUT2D eigenvalue weighted by atomic mass is 10.2. The van der Waals surface area contributed by atoms with Gasteiger partial charge >= 0.3 is 5.97 Å². The summed E-state index contributed by atoms with van der Waals surface area (Å²) in [5, 5.41) is 23.6. The minimum Gasteiger partial charge on any atom is -0.476 e. The van der Waals surface area contributed by atoms with E-state index in [0.717, 1.165) is 0 Å². The molecule has 1 aromatic heterocycles. The molecule has 0 saturated carbocycles. The molecule has 2 aromatic rings. The first kappa shape index (κ1) is 12.6. The lowest BCUT2D eigenvalue weighted by Crippen LogP contribution is -2.01. The lowest BCUT2D eigenvalue weighted by Gasteiger charge is -2.06. The Morgan fingerprint density at radius 3 is 3.00 bits per heavy atom. The fraction of sp³-hybridized carbons (Fsp3) is 0.0833. The van der Waals surface area contributed by atoms with E-state index in [1.54, 1.807) is 6.07 Å². The largest absolute Gasteiger partial charge is 0.476 e. The zero-order valence-electron chi connectivity index (χ0n) is 9.55. The van der Waals surface area contributed by atoms with E-state index in [1.807, 2.05) is 0 Å². The van der Waals surface area contributed by atoms with Crippen LogP contribution < -0.4 is 5.32 Å². The molecule has 0 aliphatic heterocycles. The summed E-state index contributed by atoms with van der Waals surface area (Å²) in [5.74, 6) is -1.56. The number of nitriles is 1. The summed E-state index contributed by atoms with van der Waals surface area (Å²) in [7, 11) is 0. The number of hydrogen-bond acceptors (Lipinski definition) is 5. The fourth-order valence-electron chi connectivity index (χ4n) is 1.46. The molecule has 7 heteroatoms. The predicted octanol–water partition coefficient (Wildman–Crippen LogP) is 2.00. The highest BCUT2D eigenvalue weighted by Crippen LogP contribution is 2.18. The van der Waals surface area contributed by atoms with Crippen LogP contribution in [0.15, 0.2) is 28.8 Å². The number of carboxylic acid groups (broad SMARTS) is 1. The van der Waals surface area contributed by atoms with Crippen molar-refractivity contribution in [3.05, 3.63) is 47.1 Å².